The third kappa shape index (κ3) is 1.24. The van der Waals surface area contributed by atoms with E-state index in [0.717, 1.165) is 6.08 Å². The molecule has 0 aromatic rings. The Labute approximate surface area is 66.9 Å². The third-order valence-electron chi connectivity index (χ3n) is 1.31. The first kappa shape index (κ1) is 8.18. The second kappa shape index (κ2) is 2.61. The van der Waals surface area contributed by atoms with Crippen LogP contribution in [-0.4, -0.2) is 27.7 Å². The fourth-order valence-corrected chi connectivity index (χ4v) is 0.819. The van der Waals surface area contributed by atoms with Crippen LogP contribution in [0.3, 0.4) is 0 Å². The highest BCUT2D eigenvalue weighted by molar-refractivity contribution is 6.06. The van der Waals surface area contributed by atoms with Gasteiger partial charge in [-0.2, -0.15) is 0 Å². The van der Waals surface area contributed by atoms with Gasteiger partial charge in [0.05, 0.1) is 0 Å². The van der Waals surface area contributed by atoms with Crippen LogP contribution in [0.25, 0.3) is 0 Å². The molecule has 0 aliphatic carbocycles. The molecule has 1 atom stereocenters. The average Bonchev–Trinajstić information content (AvgIpc) is 1.82. The van der Waals surface area contributed by atoms with Gasteiger partial charge in [0.25, 0.3) is 0 Å². The van der Waals surface area contributed by atoms with Crippen molar-refractivity contribution in [3.05, 3.63) is 21.9 Å². The zero-order valence-electron chi connectivity index (χ0n) is 5.89. The number of aliphatic imine (C=N–C) groups is 1. The Morgan fingerprint density at radius 2 is 2.42 bits per heavy atom. The molecular formula is C5H6N4O3. The number of dihydropyridines is 1. The largest absolute Gasteiger partial charge is 0.505 e. The smallest absolute Gasteiger partial charge is 0.325 e. The molecule has 7 nitrogen and oxygen atoms in total. The first-order valence-electron chi connectivity index (χ1n) is 2.99. The molecule has 1 heterocycles. The lowest BCUT2D eigenvalue weighted by atomic mass is 10.2. The van der Waals surface area contributed by atoms with E-state index in [1.807, 2.05) is 0 Å². The van der Waals surface area contributed by atoms with Gasteiger partial charge in [-0.3, -0.25) is 15.5 Å². The fourth-order valence-electron chi connectivity index (χ4n) is 0.819. The molecule has 0 saturated heterocycles. The Morgan fingerprint density at radius 3 is 2.83 bits per heavy atom. The highest BCUT2D eigenvalue weighted by atomic mass is 16.6. The Morgan fingerprint density at radius 1 is 1.83 bits per heavy atom. The summed E-state index contributed by atoms with van der Waals surface area (Å²) >= 11 is 0. The van der Waals surface area contributed by atoms with Crippen LogP contribution in [0, 0.1) is 15.5 Å². The van der Waals surface area contributed by atoms with Crippen molar-refractivity contribution in [3.8, 4) is 0 Å². The zero-order valence-corrected chi connectivity index (χ0v) is 5.89. The molecule has 0 aromatic heterocycles. The van der Waals surface area contributed by atoms with Crippen molar-refractivity contribution in [2.24, 2.45) is 10.7 Å². The van der Waals surface area contributed by atoms with E-state index < -0.39 is 16.7 Å². The standard InChI is InChI=1S/C5H6N4O3/c6-3-1-2(10)4(9(11)12)5(7)8-3/h1,4,10H,(H3,6,7,8). The monoisotopic (exact) mass is 170 g/mol. The molecule has 1 rings (SSSR count). The van der Waals surface area contributed by atoms with Gasteiger partial charge in [-0.1, -0.05) is 0 Å². The highest BCUT2D eigenvalue weighted by Gasteiger charge is 2.33. The van der Waals surface area contributed by atoms with E-state index in [-0.39, 0.29) is 11.7 Å². The molecule has 12 heavy (non-hydrogen) atoms. The Bertz CT molecular complexity index is 284. The highest BCUT2D eigenvalue weighted by Crippen LogP contribution is 2.08. The molecule has 0 amide bonds. The van der Waals surface area contributed by atoms with Crippen molar-refractivity contribution < 1.29 is 10.0 Å². The predicted molar refractivity (Wildman–Crippen MR) is 40.8 cm³/mol. The van der Waals surface area contributed by atoms with Crippen molar-refractivity contribution >= 4 is 11.7 Å². The van der Waals surface area contributed by atoms with E-state index >= 15 is 0 Å². The Hall–Kier alpha value is -1.92. The summed E-state index contributed by atoms with van der Waals surface area (Å²) in [6.45, 7) is 0. The molecule has 1 aliphatic heterocycles. The summed E-state index contributed by atoms with van der Waals surface area (Å²) in [6.07, 6.45) is 0.893. The van der Waals surface area contributed by atoms with Crippen LogP contribution in [0.2, 0.25) is 0 Å². The van der Waals surface area contributed by atoms with Gasteiger partial charge in [0.2, 0.25) is 0 Å². The minimum atomic E-state index is -1.50. The second-order valence-electron chi connectivity index (χ2n) is 2.18. The molecular weight excluding hydrogens is 164 g/mol. The van der Waals surface area contributed by atoms with Crippen LogP contribution >= 0.6 is 0 Å². The van der Waals surface area contributed by atoms with Gasteiger partial charge < -0.3 is 10.8 Å². The van der Waals surface area contributed by atoms with Gasteiger partial charge in [-0.15, -0.1) is 0 Å². The van der Waals surface area contributed by atoms with E-state index in [9.17, 15) is 10.1 Å². The van der Waals surface area contributed by atoms with Crippen molar-refractivity contribution in [2.75, 3.05) is 0 Å². The molecule has 0 aromatic carbocycles. The molecule has 64 valence electrons. The molecule has 0 radical (unpaired) electrons. The number of aliphatic hydroxyl groups is 1. The van der Waals surface area contributed by atoms with Crippen LogP contribution in [0.15, 0.2) is 16.8 Å². The van der Waals surface area contributed by atoms with Gasteiger partial charge in [-0.25, -0.2) is 4.99 Å². The molecule has 7 heteroatoms. The molecule has 0 bridgehead atoms. The van der Waals surface area contributed by atoms with Crippen LogP contribution < -0.4 is 5.73 Å². The molecule has 0 saturated carbocycles. The molecule has 0 fully saturated rings. The molecule has 4 N–H and O–H groups in total. The predicted octanol–water partition coefficient (Wildman–Crippen LogP) is -0.578. The van der Waals surface area contributed by atoms with Crippen molar-refractivity contribution in [2.45, 2.75) is 6.04 Å². The summed E-state index contributed by atoms with van der Waals surface area (Å²) in [5.74, 6) is -1.22. The van der Waals surface area contributed by atoms with E-state index in [0.29, 0.717) is 0 Å². The number of nitrogens with two attached hydrogens (primary N) is 1. The maximum atomic E-state index is 10.3. The summed E-state index contributed by atoms with van der Waals surface area (Å²) in [5, 5.41) is 26.2. The van der Waals surface area contributed by atoms with E-state index in [4.69, 9.17) is 16.2 Å². The molecule has 1 unspecified atom stereocenters. The number of hydrogen-bond donors (Lipinski definition) is 3. The number of rotatable bonds is 1. The van der Waals surface area contributed by atoms with Crippen molar-refractivity contribution in [3.63, 3.8) is 0 Å². The van der Waals surface area contributed by atoms with Gasteiger partial charge in [0, 0.05) is 11.0 Å². The van der Waals surface area contributed by atoms with Crippen molar-refractivity contribution in [1.82, 2.24) is 0 Å². The van der Waals surface area contributed by atoms with Crippen LogP contribution in [-0.2, 0) is 0 Å². The second-order valence-corrected chi connectivity index (χ2v) is 2.18. The summed E-state index contributed by atoms with van der Waals surface area (Å²) in [6, 6.07) is -1.50. The fraction of sp³-hybridized carbons (Fsp3) is 0.200. The quantitative estimate of drug-likeness (QED) is 0.359. The topological polar surface area (TPSA) is 126 Å². The van der Waals surface area contributed by atoms with Gasteiger partial charge in [-0.05, 0) is 0 Å². The Balaban J connectivity index is 3.03. The summed E-state index contributed by atoms with van der Waals surface area (Å²) in [5.41, 5.74) is 5.13. The summed E-state index contributed by atoms with van der Waals surface area (Å²) in [4.78, 5) is 12.8. The number of aliphatic hydroxyl groups excluding tert-OH is 1. The number of nitrogens with one attached hydrogen (secondary N) is 1. The number of amidine groups is 2. The number of hydrogen-bond acceptors (Lipinski definition) is 5. The van der Waals surface area contributed by atoms with E-state index in [1.165, 1.54) is 0 Å². The van der Waals surface area contributed by atoms with Gasteiger partial charge >= 0.3 is 6.04 Å². The van der Waals surface area contributed by atoms with Gasteiger partial charge in [0.15, 0.2) is 11.6 Å². The molecule has 1 aliphatic rings. The van der Waals surface area contributed by atoms with Crippen LogP contribution in [0.5, 0.6) is 0 Å². The summed E-state index contributed by atoms with van der Waals surface area (Å²) in [7, 11) is 0. The number of nitro groups is 1. The van der Waals surface area contributed by atoms with Gasteiger partial charge in [0.1, 0.15) is 5.84 Å². The lowest BCUT2D eigenvalue weighted by molar-refractivity contribution is -0.497. The molecule has 0 spiro atoms. The minimum absolute atomic E-state index is 0.289. The van der Waals surface area contributed by atoms with E-state index in [2.05, 4.69) is 4.99 Å². The van der Waals surface area contributed by atoms with E-state index in [1.54, 1.807) is 0 Å². The zero-order chi connectivity index (χ0) is 9.30. The summed E-state index contributed by atoms with van der Waals surface area (Å²) < 4.78 is 0. The SMILES string of the molecule is N=C1C=C(O)C([N+](=O)[O-])C(N)=N1. The van der Waals surface area contributed by atoms with Crippen LogP contribution in [0.4, 0.5) is 0 Å². The average molecular weight is 170 g/mol. The maximum absolute atomic E-state index is 10.3. The van der Waals surface area contributed by atoms with Crippen molar-refractivity contribution in [1.29, 1.82) is 5.41 Å². The number of nitrogens with zero attached hydrogens (tertiary/aromatic N) is 2. The maximum Gasteiger partial charge on any atom is 0.325 e. The lowest BCUT2D eigenvalue weighted by Gasteiger charge is -2.11. The third-order valence-corrected chi connectivity index (χ3v) is 1.31. The van der Waals surface area contributed by atoms with Crippen LogP contribution in [0.1, 0.15) is 0 Å². The Kier molecular flexibility index (Phi) is 1.78. The normalized spacial score (nSPS) is 23.0. The first-order chi connectivity index (χ1) is 5.52. The minimum Gasteiger partial charge on any atom is -0.505 e. The first-order valence-corrected chi connectivity index (χ1v) is 2.99. The lowest BCUT2D eigenvalue weighted by Crippen LogP contribution is -2.40.